The third kappa shape index (κ3) is 6.01. The highest BCUT2D eigenvalue weighted by molar-refractivity contribution is 5.91. The zero-order valence-corrected chi connectivity index (χ0v) is 20.2. The van der Waals surface area contributed by atoms with Crippen LogP contribution in [0.4, 0.5) is 0 Å². The van der Waals surface area contributed by atoms with E-state index in [1.165, 1.54) is 6.08 Å². The van der Waals surface area contributed by atoms with Gasteiger partial charge in [0.1, 0.15) is 29.6 Å². The third-order valence-corrected chi connectivity index (χ3v) is 6.02. The highest BCUT2D eigenvalue weighted by Crippen LogP contribution is 2.30. The lowest BCUT2D eigenvalue weighted by atomic mass is 9.94. The molecular formula is C27H30N2O6. The molecule has 0 saturated carbocycles. The number of oxazole rings is 1. The van der Waals surface area contributed by atoms with Gasteiger partial charge in [-0.05, 0) is 60.7 Å². The van der Waals surface area contributed by atoms with E-state index in [0.717, 1.165) is 22.4 Å². The first kappa shape index (κ1) is 24.3. The smallest absolute Gasteiger partial charge is 0.303 e. The molecule has 1 aliphatic rings. The van der Waals surface area contributed by atoms with Crippen molar-refractivity contribution in [3.05, 3.63) is 76.4 Å². The number of aromatic nitrogens is 1. The molecule has 3 heterocycles. The quantitative estimate of drug-likeness (QED) is 0.436. The summed E-state index contributed by atoms with van der Waals surface area (Å²) in [5.74, 6) is 1.82. The van der Waals surface area contributed by atoms with Crippen LogP contribution in [0, 0.1) is 6.92 Å². The monoisotopic (exact) mass is 478 g/mol. The number of amides is 1. The molecule has 8 nitrogen and oxygen atoms in total. The first-order valence-corrected chi connectivity index (χ1v) is 11.8. The summed E-state index contributed by atoms with van der Waals surface area (Å²) in [6, 6.07) is 7.51. The maximum absolute atomic E-state index is 12.7. The van der Waals surface area contributed by atoms with Crippen LogP contribution in [0.15, 0.2) is 45.4 Å². The molecule has 0 spiro atoms. The molecular weight excluding hydrogens is 448 g/mol. The fraction of sp³-hybridized carbons (Fsp3) is 0.370. The second-order valence-electron chi connectivity index (χ2n) is 8.98. The highest BCUT2D eigenvalue weighted by atomic mass is 16.5. The van der Waals surface area contributed by atoms with E-state index in [9.17, 15) is 14.7 Å². The number of hydrogen-bond acceptors (Lipinski definition) is 6. The van der Waals surface area contributed by atoms with Crippen molar-refractivity contribution in [1.29, 1.82) is 0 Å². The van der Waals surface area contributed by atoms with E-state index in [1.54, 1.807) is 29.4 Å². The minimum Gasteiger partial charge on any atom is -0.487 e. The predicted molar refractivity (Wildman–Crippen MR) is 129 cm³/mol. The Morgan fingerprint density at radius 2 is 2.11 bits per heavy atom. The third-order valence-electron chi connectivity index (χ3n) is 6.02. The van der Waals surface area contributed by atoms with Crippen LogP contribution in [0.3, 0.4) is 0 Å². The minimum absolute atomic E-state index is 0.0117. The maximum atomic E-state index is 12.7. The summed E-state index contributed by atoms with van der Waals surface area (Å²) >= 11 is 0. The van der Waals surface area contributed by atoms with Crippen LogP contribution in [0.1, 0.15) is 66.0 Å². The minimum atomic E-state index is -0.859. The second-order valence-corrected chi connectivity index (χ2v) is 8.98. The molecule has 4 rings (SSSR count). The van der Waals surface area contributed by atoms with Crippen molar-refractivity contribution >= 4 is 18.0 Å². The Balaban J connectivity index is 1.53. The van der Waals surface area contributed by atoms with E-state index in [2.05, 4.69) is 4.98 Å². The number of aryl methyl sites for hydroxylation is 2. The van der Waals surface area contributed by atoms with Crippen LogP contribution in [-0.4, -0.2) is 33.4 Å². The molecule has 0 saturated heterocycles. The Bertz CT molecular complexity index is 1220. The lowest BCUT2D eigenvalue weighted by Crippen LogP contribution is -2.34. The van der Waals surface area contributed by atoms with Gasteiger partial charge in [0.05, 0.1) is 6.26 Å². The molecule has 0 aliphatic carbocycles. The van der Waals surface area contributed by atoms with E-state index in [1.807, 2.05) is 32.9 Å². The predicted octanol–water partition coefficient (Wildman–Crippen LogP) is 4.89. The normalized spacial score (nSPS) is 13.4. The lowest BCUT2D eigenvalue weighted by molar-refractivity contribution is -0.137. The van der Waals surface area contributed by atoms with E-state index in [0.29, 0.717) is 49.1 Å². The van der Waals surface area contributed by atoms with E-state index in [-0.39, 0.29) is 24.9 Å². The number of carboxylic acid groups (broad SMARTS) is 1. The molecule has 0 atom stereocenters. The molecule has 1 aromatic carbocycles. The van der Waals surface area contributed by atoms with Crippen molar-refractivity contribution < 1.29 is 28.3 Å². The first-order valence-electron chi connectivity index (χ1n) is 11.8. The molecule has 1 aliphatic heterocycles. The SMILES string of the molecule is Cc1oc(C(C)C)nc1COc1cc2c(cc1CCC(=O)O)CCN(C(=O)/C=C/c1ccco1)C2. The number of fused-ring (bicyclic) bond motifs is 1. The van der Waals surface area contributed by atoms with Crippen molar-refractivity contribution in [3.63, 3.8) is 0 Å². The van der Waals surface area contributed by atoms with Crippen LogP contribution >= 0.6 is 0 Å². The average molecular weight is 479 g/mol. The Morgan fingerprint density at radius 3 is 2.80 bits per heavy atom. The van der Waals surface area contributed by atoms with Crippen molar-refractivity contribution in [2.75, 3.05) is 6.54 Å². The molecule has 1 amide bonds. The number of ether oxygens (including phenoxy) is 1. The van der Waals surface area contributed by atoms with Crippen LogP contribution in [-0.2, 0) is 35.6 Å². The lowest BCUT2D eigenvalue weighted by Gasteiger charge is -2.29. The van der Waals surface area contributed by atoms with Crippen molar-refractivity contribution in [2.45, 2.75) is 59.1 Å². The molecule has 3 aromatic rings. The van der Waals surface area contributed by atoms with Gasteiger partial charge in [0.25, 0.3) is 0 Å². The summed E-state index contributed by atoms with van der Waals surface area (Å²) in [7, 11) is 0. The van der Waals surface area contributed by atoms with Gasteiger partial charge in [0.15, 0.2) is 5.89 Å². The van der Waals surface area contributed by atoms with E-state index < -0.39 is 5.97 Å². The summed E-state index contributed by atoms with van der Waals surface area (Å²) in [5.41, 5.74) is 3.66. The zero-order valence-electron chi connectivity index (χ0n) is 20.2. The van der Waals surface area contributed by atoms with Gasteiger partial charge in [-0.1, -0.05) is 19.9 Å². The van der Waals surface area contributed by atoms with Crippen LogP contribution in [0.5, 0.6) is 5.75 Å². The Hall–Kier alpha value is -3.81. The van der Waals surface area contributed by atoms with E-state index in [4.69, 9.17) is 13.6 Å². The van der Waals surface area contributed by atoms with Crippen LogP contribution in [0.2, 0.25) is 0 Å². The standard InChI is InChI=1S/C27H30N2O6/c1-17(2)27-28-23(18(3)35-27)16-34-24-14-21-15-29(25(30)8-7-22-5-4-12-33-22)11-10-19(21)13-20(24)6-9-26(31)32/h4-5,7-8,12-14,17H,6,9-11,15-16H2,1-3H3,(H,31,32)/b8-7+. The second kappa shape index (κ2) is 10.6. The number of carboxylic acids is 1. The Kier molecular flexibility index (Phi) is 7.39. The van der Waals surface area contributed by atoms with Gasteiger partial charge >= 0.3 is 5.97 Å². The zero-order chi connectivity index (χ0) is 24.9. The van der Waals surface area contributed by atoms with Crippen molar-refractivity contribution in [1.82, 2.24) is 9.88 Å². The fourth-order valence-corrected chi connectivity index (χ4v) is 4.02. The summed E-state index contributed by atoms with van der Waals surface area (Å²) in [6.45, 7) is 7.14. The molecule has 8 heteroatoms. The highest BCUT2D eigenvalue weighted by Gasteiger charge is 2.22. The molecule has 1 N–H and O–H groups in total. The van der Waals surface area contributed by atoms with Crippen molar-refractivity contribution in [2.24, 2.45) is 0 Å². The molecule has 184 valence electrons. The van der Waals surface area contributed by atoms with Crippen LogP contribution in [0.25, 0.3) is 6.08 Å². The fourth-order valence-electron chi connectivity index (χ4n) is 4.02. The molecule has 0 bridgehead atoms. The maximum Gasteiger partial charge on any atom is 0.303 e. The number of hydrogen-bond donors (Lipinski definition) is 1. The number of aliphatic carboxylic acids is 1. The topological polar surface area (TPSA) is 106 Å². The molecule has 0 fully saturated rings. The van der Waals surface area contributed by atoms with Gasteiger partial charge in [0.2, 0.25) is 5.91 Å². The summed E-state index contributed by atoms with van der Waals surface area (Å²) in [5, 5.41) is 9.20. The number of carbonyl (C=O) groups excluding carboxylic acids is 1. The van der Waals surface area contributed by atoms with Crippen LogP contribution < -0.4 is 4.74 Å². The number of carbonyl (C=O) groups is 2. The van der Waals surface area contributed by atoms with Gasteiger partial charge in [-0.3, -0.25) is 9.59 Å². The van der Waals surface area contributed by atoms with Gasteiger partial charge in [-0.25, -0.2) is 4.98 Å². The summed E-state index contributed by atoms with van der Waals surface area (Å²) in [6.07, 6.45) is 5.81. The van der Waals surface area contributed by atoms with E-state index >= 15 is 0 Å². The molecule has 0 unspecified atom stereocenters. The molecule has 0 radical (unpaired) electrons. The number of nitrogens with zero attached hydrogens (tertiary/aromatic N) is 2. The van der Waals surface area contributed by atoms with Gasteiger partial charge in [-0.2, -0.15) is 0 Å². The van der Waals surface area contributed by atoms with Gasteiger partial charge < -0.3 is 23.6 Å². The largest absolute Gasteiger partial charge is 0.487 e. The van der Waals surface area contributed by atoms with Gasteiger partial charge in [0, 0.05) is 31.5 Å². The molecule has 35 heavy (non-hydrogen) atoms. The molecule has 2 aromatic heterocycles. The van der Waals surface area contributed by atoms with Gasteiger partial charge in [-0.15, -0.1) is 0 Å². The number of rotatable bonds is 9. The summed E-state index contributed by atoms with van der Waals surface area (Å²) in [4.78, 5) is 30.2. The number of furan rings is 1. The first-order chi connectivity index (χ1) is 16.8. The number of benzene rings is 1. The average Bonchev–Trinajstić information content (AvgIpc) is 3.48. The Labute approximate surface area is 204 Å². The Morgan fingerprint density at radius 1 is 1.29 bits per heavy atom. The summed E-state index contributed by atoms with van der Waals surface area (Å²) < 4.78 is 17.1. The van der Waals surface area contributed by atoms with Crippen molar-refractivity contribution in [3.8, 4) is 5.75 Å².